The first kappa shape index (κ1) is 28.1. The number of fused-ring (bicyclic) bond motifs is 1. The van der Waals surface area contributed by atoms with E-state index >= 15 is 0 Å². The zero-order valence-electron chi connectivity index (χ0n) is 23.3. The third kappa shape index (κ3) is 5.71. The molecule has 40 heavy (non-hydrogen) atoms. The number of hydrogen-bond acceptors (Lipinski definition) is 5. The van der Waals surface area contributed by atoms with Crippen molar-refractivity contribution in [2.75, 3.05) is 17.2 Å². The lowest BCUT2D eigenvalue weighted by atomic mass is 9.87. The smallest absolute Gasteiger partial charge is 0.240 e. The SMILES string of the molecule is Cc1ccc(-n2nc(C(C)(C)C)c3c2N(CC(=O)NCc2ccc(F)cc2)C(=O)CS[C@H]3c2ccsc2)c(C)c1. The molecule has 0 radical (unpaired) electrons. The molecule has 2 amide bonds. The van der Waals surface area contributed by atoms with Gasteiger partial charge in [-0.15, -0.1) is 11.8 Å². The highest BCUT2D eigenvalue weighted by molar-refractivity contribution is 8.00. The van der Waals surface area contributed by atoms with E-state index in [0.29, 0.717) is 5.82 Å². The van der Waals surface area contributed by atoms with Gasteiger partial charge >= 0.3 is 0 Å². The van der Waals surface area contributed by atoms with E-state index in [1.54, 1.807) is 40.1 Å². The number of thiophene rings is 1. The summed E-state index contributed by atoms with van der Waals surface area (Å²) >= 11 is 3.20. The molecule has 1 aliphatic rings. The number of benzene rings is 2. The van der Waals surface area contributed by atoms with E-state index in [4.69, 9.17) is 5.10 Å². The molecule has 4 aromatic rings. The number of aromatic nitrogens is 2. The summed E-state index contributed by atoms with van der Waals surface area (Å²) < 4.78 is 15.2. The maximum atomic E-state index is 13.8. The van der Waals surface area contributed by atoms with E-state index < -0.39 is 0 Å². The number of aryl methyl sites for hydroxylation is 2. The van der Waals surface area contributed by atoms with E-state index in [2.05, 4.69) is 43.6 Å². The van der Waals surface area contributed by atoms with E-state index in [9.17, 15) is 14.0 Å². The van der Waals surface area contributed by atoms with Crippen molar-refractivity contribution >= 4 is 40.7 Å². The van der Waals surface area contributed by atoms with Crippen molar-refractivity contribution in [3.05, 3.63) is 98.6 Å². The number of nitrogens with zero attached hydrogens (tertiary/aromatic N) is 3. The van der Waals surface area contributed by atoms with Gasteiger partial charge in [-0.3, -0.25) is 14.5 Å². The van der Waals surface area contributed by atoms with Crippen LogP contribution in [0.3, 0.4) is 0 Å². The molecule has 0 fully saturated rings. The summed E-state index contributed by atoms with van der Waals surface area (Å²) in [5, 5.41) is 12.1. The lowest BCUT2D eigenvalue weighted by molar-refractivity contribution is -0.123. The van der Waals surface area contributed by atoms with E-state index in [0.717, 1.165) is 39.2 Å². The second-order valence-electron chi connectivity index (χ2n) is 11.2. The standard InChI is InChI=1S/C31H33FN4O2S2/c1-19-6-11-24(20(2)14-19)36-30-27(29(34-36)31(3,4)5)28(22-12-13-39-17-22)40-18-26(38)35(30)16-25(37)33-15-21-7-9-23(32)10-8-21/h6-14,17,28H,15-16,18H2,1-5H3,(H,33,37)/t28-/m0/s1. The first-order valence-corrected chi connectivity index (χ1v) is 15.2. The molecule has 1 N–H and O–H groups in total. The molecule has 0 saturated heterocycles. The summed E-state index contributed by atoms with van der Waals surface area (Å²) in [6.07, 6.45) is 0. The number of rotatable bonds is 6. The van der Waals surface area contributed by atoms with Crippen molar-refractivity contribution in [2.45, 2.75) is 51.8 Å². The van der Waals surface area contributed by atoms with Gasteiger partial charge in [0.15, 0.2) is 0 Å². The van der Waals surface area contributed by atoms with Crippen LogP contribution in [-0.4, -0.2) is 33.9 Å². The Hall–Kier alpha value is -3.43. The molecule has 0 aliphatic carbocycles. The summed E-state index contributed by atoms with van der Waals surface area (Å²) in [6.45, 7) is 10.6. The van der Waals surface area contributed by atoms with E-state index in [1.807, 2.05) is 36.0 Å². The molecular formula is C31H33FN4O2S2. The molecule has 5 rings (SSSR count). The molecule has 9 heteroatoms. The van der Waals surface area contributed by atoms with Gasteiger partial charge in [-0.05, 0) is 65.6 Å². The Kier molecular flexibility index (Phi) is 7.88. The van der Waals surface area contributed by atoms with Crippen LogP contribution in [-0.2, 0) is 21.5 Å². The highest BCUT2D eigenvalue weighted by Gasteiger charge is 2.40. The second-order valence-corrected chi connectivity index (χ2v) is 13.0. The van der Waals surface area contributed by atoms with Crippen LogP contribution in [0.4, 0.5) is 10.2 Å². The van der Waals surface area contributed by atoms with Gasteiger partial charge in [0.1, 0.15) is 18.2 Å². The van der Waals surface area contributed by atoms with E-state index in [1.165, 1.54) is 12.1 Å². The average Bonchev–Trinajstić information content (AvgIpc) is 3.54. The molecule has 0 bridgehead atoms. The Bertz CT molecular complexity index is 1540. The number of hydrogen-bond donors (Lipinski definition) is 1. The van der Waals surface area contributed by atoms with Gasteiger partial charge in [0.05, 0.1) is 22.4 Å². The van der Waals surface area contributed by atoms with Gasteiger partial charge in [-0.1, -0.05) is 50.6 Å². The molecule has 0 spiro atoms. The van der Waals surface area contributed by atoms with Gasteiger partial charge in [0, 0.05) is 17.5 Å². The quantitative estimate of drug-likeness (QED) is 0.286. The summed E-state index contributed by atoms with van der Waals surface area (Å²) in [7, 11) is 0. The number of anilines is 1. The molecule has 1 atom stereocenters. The number of amides is 2. The molecule has 0 unspecified atom stereocenters. The van der Waals surface area contributed by atoms with Crippen molar-refractivity contribution in [3.63, 3.8) is 0 Å². The van der Waals surface area contributed by atoms with Crippen molar-refractivity contribution in [1.29, 1.82) is 0 Å². The Morgan fingerprint density at radius 2 is 1.88 bits per heavy atom. The molecule has 2 aromatic heterocycles. The van der Waals surface area contributed by atoms with Crippen LogP contribution in [0.15, 0.2) is 59.3 Å². The first-order valence-electron chi connectivity index (χ1n) is 13.2. The van der Waals surface area contributed by atoms with Crippen LogP contribution < -0.4 is 10.2 Å². The monoisotopic (exact) mass is 576 g/mol. The minimum absolute atomic E-state index is 0.105. The topological polar surface area (TPSA) is 67.2 Å². The number of carbonyl (C=O) groups excluding carboxylic acids is 2. The van der Waals surface area contributed by atoms with Gasteiger partial charge in [0.2, 0.25) is 11.8 Å². The number of carbonyl (C=O) groups is 2. The second kappa shape index (κ2) is 11.2. The highest BCUT2D eigenvalue weighted by Crippen LogP contribution is 2.48. The van der Waals surface area contributed by atoms with Crippen LogP contribution >= 0.6 is 23.1 Å². The number of nitrogens with one attached hydrogen (secondary N) is 1. The molecule has 0 saturated carbocycles. The fourth-order valence-corrected chi connectivity index (χ4v) is 6.93. The predicted molar refractivity (Wildman–Crippen MR) is 161 cm³/mol. The Morgan fingerprint density at radius 3 is 2.52 bits per heavy atom. The lowest BCUT2D eigenvalue weighted by Gasteiger charge is -2.24. The van der Waals surface area contributed by atoms with Crippen molar-refractivity contribution in [1.82, 2.24) is 15.1 Å². The third-order valence-electron chi connectivity index (χ3n) is 6.93. The molecule has 6 nitrogen and oxygen atoms in total. The largest absolute Gasteiger partial charge is 0.350 e. The van der Waals surface area contributed by atoms with Crippen molar-refractivity contribution < 1.29 is 14.0 Å². The van der Waals surface area contributed by atoms with Crippen LogP contribution in [0, 0.1) is 19.7 Å². The highest BCUT2D eigenvalue weighted by atomic mass is 32.2. The van der Waals surface area contributed by atoms with Crippen LogP contribution in [0.1, 0.15) is 59.5 Å². The summed E-state index contributed by atoms with van der Waals surface area (Å²) in [5.41, 5.74) is 6.49. The van der Waals surface area contributed by atoms with Crippen LogP contribution in [0.2, 0.25) is 0 Å². The first-order chi connectivity index (χ1) is 19.0. The number of halogens is 1. The molecule has 2 aromatic carbocycles. The number of thioether (sulfide) groups is 1. The maximum Gasteiger partial charge on any atom is 0.240 e. The maximum absolute atomic E-state index is 13.8. The van der Waals surface area contributed by atoms with Crippen LogP contribution in [0.25, 0.3) is 5.69 Å². The Morgan fingerprint density at radius 1 is 1.12 bits per heavy atom. The fraction of sp³-hybridized carbons (Fsp3) is 0.323. The molecule has 1 aliphatic heterocycles. The van der Waals surface area contributed by atoms with Gasteiger partial charge < -0.3 is 5.32 Å². The summed E-state index contributed by atoms with van der Waals surface area (Å²) in [6, 6.07) is 14.3. The summed E-state index contributed by atoms with van der Waals surface area (Å²) in [4.78, 5) is 28.6. The Balaban J connectivity index is 1.63. The summed E-state index contributed by atoms with van der Waals surface area (Å²) in [5.74, 6) is 0.0991. The van der Waals surface area contributed by atoms with Crippen molar-refractivity contribution in [2.24, 2.45) is 0 Å². The minimum Gasteiger partial charge on any atom is -0.350 e. The third-order valence-corrected chi connectivity index (χ3v) is 8.89. The Labute approximate surface area is 242 Å². The van der Waals surface area contributed by atoms with Gasteiger partial charge in [-0.25, -0.2) is 9.07 Å². The predicted octanol–water partition coefficient (Wildman–Crippen LogP) is 6.47. The minimum atomic E-state index is -0.329. The molecule has 208 valence electrons. The van der Waals surface area contributed by atoms with Gasteiger partial charge in [-0.2, -0.15) is 16.4 Å². The van der Waals surface area contributed by atoms with E-state index in [-0.39, 0.29) is 47.1 Å². The van der Waals surface area contributed by atoms with Gasteiger partial charge in [0.25, 0.3) is 0 Å². The average molecular weight is 577 g/mol. The fourth-order valence-electron chi connectivity index (χ4n) is 4.97. The molecule has 3 heterocycles. The molecular weight excluding hydrogens is 543 g/mol. The normalized spacial score (nSPS) is 15.6. The zero-order chi connectivity index (χ0) is 28.6. The zero-order valence-corrected chi connectivity index (χ0v) is 25.0. The van der Waals surface area contributed by atoms with Crippen LogP contribution in [0.5, 0.6) is 0 Å². The van der Waals surface area contributed by atoms with Crippen molar-refractivity contribution in [3.8, 4) is 5.69 Å². The lowest BCUT2D eigenvalue weighted by Crippen LogP contribution is -2.42.